The summed E-state index contributed by atoms with van der Waals surface area (Å²) in [6.07, 6.45) is -1.86. The van der Waals surface area contributed by atoms with Crippen molar-refractivity contribution in [2.75, 3.05) is 7.11 Å². The first-order chi connectivity index (χ1) is 8.27. The lowest BCUT2D eigenvalue weighted by Crippen LogP contribution is -2.37. The minimum atomic E-state index is -1.18. The molecule has 0 bridgehead atoms. The zero-order chi connectivity index (χ0) is 13.9. The van der Waals surface area contributed by atoms with E-state index in [0.29, 0.717) is 5.02 Å². The fourth-order valence-corrected chi connectivity index (χ4v) is 1.81. The van der Waals surface area contributed by atoms with Crippen LogP contribution in [-0.2, 0) is 9.53 Å². The first-order valence-electron chi connectivity index (χ1n) is 5.78. The molecule has 1 rings (SSSR count). The van der Waals surface area contributed by atoms with Crippen LogP contribution in [0, 0.1) is 5.41 Å². The number of Topliss-reactive ketones (excluding diaryl/α,β-unsaturated/α-hetero) is 1. The summed E-state index contributed by atoms with van der Waals surface area (Å²) < 4.78 is 5.24. The maximum absolute atomic E-state index is 12.0. The number of carbonyl (C=O) groups is 1. The highest BCUT2D eigenvalue weighted by Crippen LogP contribution is 2.27. The Morgan fingerprint density at radius 3 is 2.17 bits per heavy atom. The summed E-state index contributed by atoms with van der Waals surface area (Å²) in [4.78, 5) is 12.0. The second kappa shape index (κ2) is 5.83. The van der Waals surface area contributed by atoms with E-state index in [1.807, 2.05) is 0 Å². The molecule has 1 aromatic carbocycles. The largest absolute Gasteiger partial charge is 0.382 e. The van der Waals surface area contributed by atoms with Crippen molar-refractivity contribution in [3.05, 3.63) is 34.9 Å². The molecule has 2 atom stereocenters. The molecule has 0 spiro atoms. The van der Waals surface area contributed by atoms with Crippen LogP contribution in [0.3, 0.4) is 0 Å². The Morgan fingerprint density at radius 1 is 1.28 bits per heavy atom. The topological polar surface area (TPSA) is 46.5 Å². The number of ketones is 1. The quantitative estimate of drug-likeness (QED) is 0.915. The monoisotopic (exact) mass is 270 g/mol. The number of aliphatic hydroxyl groups is 1. The van der Waals surface area contributed by atoms with Gasteiger partial charge in [-0.1, -0.05) is 44.5 Å². The van der Waals surface area contributed by atoms with Crippen LogP contribution >= 0.6 is 11.6 Å². The van der Waals surface area contributed by atoms with Crippen LogP contribution in [0.1, 0.15) is 32.4 Å². The molecule has 18 heavy (non-hydrogen) atoms. The van der Waals surface area contributed by atoms with Crippen molar-refractivity contribution in [2.24, 2.45) is 5.41 Å². The average Bonchev–Trinajstić information content (AvgIpc) is 2.30. The molecule has 0 saturated carbocycles. The van der Waals surface area contributed by atoms with E-state index in [0.717, 1.165) is 5.56 Å². The number of hydrogen-bond acceptors (Lipinski definition) is 3. The molecular weight excluding hydrogens is 252 g/mol. The Hall–Kier alpha value is -0.900. The van der Waals surface area contributed by atoms with Crippen LogP contribution in [0.25, 0.3) is 0 Å². The molecular formula is C14H19ClO3. The van der Waals surface area contributed by atoms with Crippen LogP contribution in [-0.4, -0.2) is 24.1 Å². The van der Waals surface area contributed by atoms with Crippen molar-refractivity contribution in [3.8, 4) is 0 Å². The lowest BCUT2D eigenvalue weighted by Gasteiger charge is -2.26. The third-order valence-corrected chi connectivity index (χ3v) is 3.00. The first-order valence-corrected chi connectivity index (χ1v) is 6.16. The Bertz CT molecular complexity index is 406. The van der Waals surface area contributed by atoms with Gasteiger partial charge in [-0.3, -0.25) is 4.79 Å². The predicted octanol–water partition coefficient (Wildman–Crippen LogP) is 3.00. The van der Waals surface area contributed by atoms with Crippen molar-refractivity contribution in [1.82, 2.24) is 0 Å². The van der Waals surface area contributed by atoms with Gasteiger partial charge in [0.25, 0.3) is 0 Å². The number of ether oxygens (including phenoxy) is 1. The molecule has 0 radical (unpaired) electrons. The van der Waals surface area contributed by atoms with Crippen molar-refractivity contribution < 1.29 is 14.6 Å². The van der Waals surface area contributed by atoms with Gasteiger partial charge in [-0.05, 0) is 17.7 Å². The van der Waals surface area contributed by atoms with Gasteiger partial charge in [0.2, 0.25) is 0 Å². The van der Waals surface area contributed by atoms with Gasteiger partial charge in [0, 0.05) is 17.5 Å². The smallest absolute Gasteiger partial charge is 0.169 e. The molecule has 0 fully saturated rings. The molecule has 0 aliphatic carbocycles. The van der Waals surface area contributed by atoms with E-state index < -0.39 is 17.6 Å². The van der Waals surface area contributed by atoms with E-state index in [-0.39, 0.29) is 5.78 Å². The maximum Gasteiger partial charge on any atom is 0.169 e. The van der Waals surface area contributed by atoms with Gasteiger partial charge in [-0.15, -0.1) is 0 Å². The fourth-order valence-electron chi connectivity index (χ4n) is 1.68. The third kappa shape index (κ3) is 3.55. The Labute approximate surface area is 113 Å². The number of carbonyl (C=O) groups excluding carboxylic acids is 1. The first kappa shape index (κ1) is 15.2. The summed E-state index contributed by atoms with van der Waals surface area (Å²) in [5.74, 6) is -0.246. The van der Waals surface area contributed by atoms with Gasteiger partial charge in [-0.25, -0.2) is 0 Å². The van der Waals surface area contributed by atoms with Gasteiger partial charge in [0.1, 0.15) is 12.2 Å². The summed E-state index contributed by atoms with van der Waals surface area (Å²) in [6, 6.07) is 6.90. The molecule has 2 unspecified atom stereocenters. The summed E-state index contributed by atoms with van der Waals surface area (Å²) in [7, 11) is 1.47. The van der Waals surface area contributed by atoms with Crippen molar-refractivity contribution in [3.63, 3.8) is 0 Å². The molecule has 0 aromatic heterocycles. The van der Waals surface area contributed by atoms with E-state index in [4.69, 9.17) is 16.3 Å². The molecule has 3 nitrogen and oxygen atoms in total. The van der Waals surface area contributed by atoms with Crippen molar-refractivity contribution >= 4 is 17.4 Å². The molecule has 0 saturated heterocycles. The van der Waals surface area contributed by atoms with Gasteiger partial charge in [0.15, 0.2) is 5.78 Å². The number of halogens is 1. The third-order valence-electron chi connectivity index (χ3n) is 2.75. The minimum absolute atomic E-state index is 0.246. The Balaban J connectivity index is 2.97. The Morgan fingerprint density at radius 2 is 1.78 bits per heavy atom. The molecule has 1 aromatic rings. The van der Waals surface area contributed by atoms with Gasteiger partial charge in [0.05, 0.1) is 0 Å². The number of benzene rings is 1. The van der Waals surface area contributed by atoms with Crippen LogP contribution in [0.4, 0.5) is 0 Å². The van der Waals surface area contributed by atoms with Crippen molar-refractivity contribution in [1.29, 1.82) is 0 Å². The summed E-state index contributed by atoms with van der Waals surface area (Å²) >= 11 is 5.80. The zero-order valence-electron chi connectivity index (χ0n) is 11.1. The fraction of sp³-hybridized carbons (Fsp3) is 0.500. The lowest BCUT2D eigenvalue weighted by molar-refractivity contribution is -0.142. The number of hydrogen-bond donors (Lipinski definition) is 1. The van der Waals surface area contributed by atoms with Gasteiger partial charge in [-0.2, -0.15) is 0 Å². The second-order valence-corrected chi connectivity index (χ2v) is 5.70. The molecule has 0 heterocycles. The van der Waals surface area contributed by atoms with Gasteiger partial charge >= 0.3 is 0 Å². The average molecular weight is 271 g/mol. The van der Waals surface area contributed by atoms with Crippen LogP contribution < -0.4 is 0 Å². The molecule has 0 aliphatic rings. The van der Waals surface area contributed by atoms with Crippen LogP contribution in [0.2, 0.25) is 5.02 Å². The van der Waals surface area contributed by atoms with Gasteiger partial charge < -0.3 is 9.84 Å². The van der Waals surface area contributed by atoms with E-state index in [9.17, 15) is 9.90 Å². The standard InChI is InChI=1S/C14H19ClO3/c1-14(2,3)13(17)11(16)12(18-4)9-5-7-10(15)8-6-9/h5-8,11-12,16H,1-4H3. The summed E-state index contributed by atoms with van der Waals surface area (Å²) in [5.41, 5.74) is 0.120. The maximum atomic E-state index is 12.0. The lowest BCUT2D eigenvalue weighted by atomic mass is 9.84. The zero-order valence-corrected chi connectivity index (χ0v) is 11.9. The highest BCUT2D eigenvalue weighted by atomic mass is 35.5. The predicted molar refractivity (Wildman–Crippen MR) is 71.7 cm³/mol. The van der Waals surface area contributed by atoms with E-state index in [2.05, 4.69) is 0 Å². The van der Waals surface area contributed by atoms with Crippen molar-refractivity contribution in [2.45, 2.75) is 33.0 Å². The molecule has 4 heteroatoms. The summed E-state index contributed by atoms with van der Waals surface area (Å²) in [5, 5.41) is 10.7. The summed E-state index contributed by atoms with van der Waals surface area (Å²) in [6.45, 7) is 5.31. The molecule has 0 amide bonds. The van der Waals surface area contributed by atoms with E-state index in [1.165, 1.54) is 7.11 Å². The minimum Gasteiger partial charge on any atom is -0.382 e. The number of aliphatic hydroxyl groups excluding tert-OH is 1. The van der Waals surface area contributed by atoms with Crippen LogP contribution in [0.15, 0.2) is 24.3 Å². The Kier molecular flexibility index (Phi) is 4.91. The number of rotatable bonds is 4. The second-order valence-electron chi connectivity index (χ2n) is 5.27. The molecule has 1 N–H and O–H groups in total. The van der Waals surface area contributed by atoms with Crippen LogP contribution in [0.5, 0.6) is 0 Å². The normalized spacial score (nSPS) is 15.2. The number of methoxy groups -OCH3 is 1. The highest BCUT2D eigenvalue weighted by Gasteiger charge is 2.34. The molecule has 0 aliphatic heterocycles. The SMILES string of the molecule is COC(c1ccc(Cl)cc1)C(O)C(=O)C(C)(C)C. The molecule has 100 valence electrons. The van der Waals surface area contributed by atoms with E-state index in [1.54, 1.807) is 45.0 Å². The van der Waals surface area contributed by atoms with E-state index >= 15 is 0 Å². The highest BCUT2D eigenvalue weighted by molar-refractivity contribution is 6.30.